The molecule has 0 aliphatic heterocycles. The van der Waals surface area contributed by atoms with Gasteiger partial charge < -0.3 is 28.5 Å². The maximum Gasteiger partial charge on any atom is 0.361 e. The zero-order chi connectivity index (χ0) is 53.4. The molecule has 0 saturated heterocycles. The van der Waals surface area contributed by atoms with Crippen LogP contribution >= 0.6 is 0 Å². The van der Waals surface area contributed by atoms with Crippen molar-refractivity contribution >= 4 is 17.9 Å². The summed E-state index contributed by atoms with van der Waals surface area (Å²) in [7, 11) is 5.93. The van der Waals surface area contributed by atoms with Crippen molar-refractivity contribution in [1.29, 1.82) is 0 Å². The predicted octanol–water partition coefficient (Wildman–Crippen LogP) is 16.4. The first-order valence-corrected chi connectivity index (χ1v) is 28.0. The van der Waals surface area contributed by atoms with Crippen LogP contribution in [-0.4, -0.2) is 87.4 Å². The number of carbonyl (C=O) groups is 3. The fourth-order valence-electron chi connectivity index (χ4n) is 6.84. The standard InChI is InChI=1S/C64H101NO8/c1-6-8-10-12-14-16-18-20-22-24-25-26-27-28-29-30-31-32-33-34-35-36-37-39-41-43-45-47-49-51-53-55-62(67)73-60(59-72-64(63(68)69)70-57-56-65(3,4)5)58-71-61(66)54-52-50-48-46-44-42-40-38-23-21-19-17-15-13-11-9-7-2/h8-11,14-17,20-23,25-26,28-29,31-32,34-35,37,39,43,45,60,64H,6-7,12-13,18-19,24,27,30,33,36,38,40-42,44,46-59H2,1-5H3/p+1/b10-8-,11-9-,16-14-,17-15-,22-20-,23-21-,26-25-,29-28-,32-31-,35-34-,39-37-,45-43-. The molecule has 1 N–H and O–H groups in total. The molecular weight excluding hydrogens is 911 g/mol. The van der Waals surface area contributed by atoms with E-state index in [1.54, 1.807) is 0 Å². The Kier molecular flexibility index (Phi) is 49.9. The van der Waals surface area contributed by atoms with Gasteiger partial charge in [-0.05, 0) is 116 Å². The number of allylic oxidation sites excluding steroid dienone is 24. The Hall–Kier alpha value is -4.83. The maximum absolute atomic E-state index is 12.9. The van der Waals surface area contributed by atoms with Gasteiger partial charge in [0, 0.05) is 12.8 Å². The van der Waals surface area contributed by atoms with Gasteiger partial charge in [-0.25, -0.2) is 4.79 Å². The lowest BCUT2D eigenvalue weighted by Gasteiger charge is -2.25. The number of esters is 2. The third-order valence-corrected chi connectivity index (χ3v) is 11.1. The highest BCUT2D eigenvalue weighted by Gasteiger charge is 2.25. The van der Waals surface area contributed by atoms with Gasteiger partial charge in [-0.1, -0.05) is 198 Å². The highest BCUT2D eigenvalue weighted by atomic mass is 16.7. The summed E-state index contributed by atoms with van der Waals surface area (Å²) in [4.78, 5) is 37.4. The van der Waals surface area contributed by atoms with E-state index < -0.39 is 24.3 Å². The lowest BCUT2D eigenvalue weighted by molar-refractivity contribution is -0.870. The van der Waals surface area contributed by atoms with Crippen molar-refractivity contribution in [3.05, 3.63) is 146 Å². The highest BCUT2D eigenvalue weighted by molar-refractivity contribution is 5.71. The van der Waals surface area contributed by atoms with Crippen molar-refractivity contribution in [3.63, 3.8) is 0 Å². The Balaban J connectivity index is 4.40. The number of rotatable bonds is 49. The number of carboxylic acids is 1. The number of nitrogens with zero attached hydrogens (tertiary/aromatic N) is 1. The zero-order valence-electron chi connectivity index (χ0n) is 46.5. The second-order valence-electron chi connectivity index (χ2n) is 19.1. The number of hydrogen-bond acceptors (Lipinski definition) is 7. The molecule has 0 rings (SSSR count). The summed E-state index contributed by atoms with van der Waals surface area (Å²) < 4.78 is 22.8. The highest BCUT2D eigenvalue weighted by Crippen LogP contribution is 2.13. The number of quaternary nitrogens is 1. The molecule has 2 atom stereocenters. The summed E-state index contributed by atoms with van der Waals surface area (Å²) in [6, 6.07) is 0. The molecule has 2 unspecified atom stereocenters. The molecule has 0 heterocycles. The van der Waals surface area contributed by atoms with E-state index in [9.17, 15) is 19.5 Å². The fourth-order valence-corrected chi connectivity index (χ4v) is 6.84. The largest absolute Gasteiger partial charge is 0.477 e. The van der Waals surface area contributed by atoms with Crippen molar-refractivity contribution in [2.45, 2.75) is 193 Å². The van der Waals surface area contributed by atoms with Gasteiger partial charge in [-0.2, -0.15) is 0 Å². The first-order valence-electron chi connectivity index (χ1n) is 28.0. The van der Waals surface area contributed by atoms with E-state index in [0.717, 1.165) is 128 Å². The smallest absolute Gasteiger partial charge is 0.361 e. The van der Waals surface area contributed by atoms with E-state index >= 15 is 0 Å². The van der Waals surface area contributed by atoms with Crippen molar-refractivity contribution in [2.24, 2.45) is 0 Å². The summed E-state index contributed by atoms with van der Waals surface area (Å²) in [5, 5.41) is 9.69. The van der Waals surface area contributed by atoms with Crippen LogP contribution in [0.2, 0.25) is 0 Å². The Morgan fingerprint density at radius 2 is 0.740 bits per heavy atom. The molecule has 9 heteroatoms. The minimum absolute atomic E-state index is 0.170. The van der Waals surface area contributed by atoms with Crippen LogP contribution in [0.3, 0.4) is 0 Å². The molecule has 0 amide bonds. The Morgan fingerprint density at radius 3 is 1.11 bits per heavy atom. The van der Waals surface area contributed by atoms with Crippen LogP contribution in [0.25, 0.3) is 0 Å². The number of carbonyl (C=O) groups excluding carboxylic acids is 2. The molecule has 9 nitrogen and oxygen atoms in total. The third-order valence-electron chi connectivity index (χ3n) is 11.1. The van der Waals surface area contributed by atoms with Crippen LogP contribution in [0.4, 0.5) is 0 Å². The van der Waals surface area contributed by atoms with Gasteiger partial charge in [0.25, 0.3) is 6.29 Å². The molecule has 0 spiro atoms. The summed E-state index contributed by atoms with van der Waals surface area (Å²) in [5.74, 6) is -2.09. The Labute approximate surface area is 445 Å². The second kappa shape index (κ2) is 53.5. The molecule has 0 aromatic carbocycles. The number of hydrogen-bond donors (Lipinski definition) is 1. The number of ether oxygens (including phenoxy) is 4. The average Bonchev–Trinajstić information content (AvgIpc) is 3.36. The van der Waals surface area contributed by atoms with Gasteiger partial charge in [-0.15, -0.1) is 0 Å². The molecular formula is C64H102NO8+. The van der Waals surface area contributed by atoms with E-state index in [1.807, 2.05) is 21.1 Å². The Morgan fingerprint density at radius 1 is 0.411 bits per heavy atom. The first-order chi connectivity index (χ1) is 35.6. The van der Waals surface area contributed by atoms with E-state index in [1.165, 1.54) is 19.3 Å². The number of carboxylic acid groups (broad SMARTS) is 1. The second-order valence-corrected chi connectivity index (χ2v) is 19.1. The van der Waals surface area contributed by atoms with E-state index in [-0.39, 0.29) is 38.6 Å². The van der Waals surface area contributed by atoms with Crippen LogP contribution in [0.1, 0.15) is 181 Å². The van der Waals surface area contributed by atoms with Gasteiger partial charge in [-0.3, -0.25) is 9.59 Å². The number of likely N-dealkylation sites (N-methyl/N-ethyl adjacent to an activating group) is 1. The molecule has 73 heavy (non-hydrogen) atoms. The van der Waals surface area contributed by atoms with E-state index in [4.69, 9.17) is 18.9 Å². The zero-order valence-corrected chi connectivity index (χ0v) is 46.5. The number of unbranched alkanes of at least 4 members (excludes halogenated alkanes) is 10. The van der Waals surface area contributed by atoms with Crippen LogP contribution in [0.5, 0.6) is 0 Å². The van der Waals surface area contributed by atoms with Gasteiger partial charge in [0.2, 0.25) is 0 Å². The summed E-state index contributed by atoms with van der Waals surface area (Å²) in [6.07, 6.45) is 74.9. The van der Waals surface area contributed by atoms with Gasteiger partial charge in [0.1, 0.15) is 13.2 Å². The fraction of sp³-hybridized carbons (Fsp3) is 0.578. The minimum atomic E-state index is -1.53. The van der Waals surface area contributed by atoms with E-state index in [0.29, 0.717) is 17.4 Å². The third kappa shape index (κ3) is 54.8. The summed E-state index contributed by atoms with van der Waals surface area (Å²) in [5.41, 5.74) is 0. The molecule has 0 aromatic rings. The van der Waals surface area contributed by atoms with Crippen LogP contribution < -0.4 is 0 Å². The molecule has 0 saturated carbocycles. The lowest BCUT2D eigenvalue weighted by atomic mass is 10.1. The average molecular weight is 1010 g/mol. The van der Waals surface area contributed by atoms with Crippen LogP contribution in [0.15, 0.2) is 146 Å². The number of aliphatic carboxylic acids is 1. The van der Waals surface area contributed by atoms with Crippen molar-refractivity contribution in [3.8, 4) is 0 Å². The molecule has 0 bridgehead atoms. The van der Waals surface area contributed by atoms with Gasteiger partial charge in [0.15, 0.2) is 6.10 Å². The van der Waals surface area contributed by atoms with Gasteiger partial charge >= 0.3 is 17.9 Å². The normalized spacial score (nSPS) is 13.9. The molecule has 410 valence electrons. The van der Waals surface area contributed by atoms with Crippen molar-refractivity contribution in [1.82, 2.24) is 0 Å². The van der Waals surface area contributed by atoms with E-state index in [2.05, 4.69) is 160 Å². The van der Waals surface area contributed by atoms with Crippen molar-refractivity contribution in [2.75, 3.05) is 47.5 Å². The molecule has 0 aliphatic carbocycles. The SMILES string of the molecule is CC/C=C\C/C=C\C/C=C\C/C=C\C/C=C\C/C=C\C/C=C\C/C=C\C/C=C\CCCCCC(=O)OC(COC(=O)CCCCCCCCC/C=C\C/C=C\C/C=C\CC)COC(OCC[N+](C)(C)C)C(=O)O. The predicted molar refractivity (Wildman–Crippen MR) is 308 cm³/mol. The molecule has 0 aromatic heterocycles. The van der Waals surface area contributed by atoms with Crippen LogP contribution in [0, 0.1) is 0 Å². The quantitative estimate of drug-likeness (QED) is 0.0211. The van der Waals surface area contributed by atoms with Crippen molar-refractivity contribution < 1.29 is 42.9 Å². The maximum atomic E-state index is 12.9. The monoisotopic (exact) mass is 1010 g/mol. The Bertz CT molecular complexity index is 1700. The topological polar surface area (TPSA) is 108 Å². The first kappa shape index (κ1) is 68.2. The van der Waals surface area contributed by atoms with Crippen LogP contribution in [-0.2, 0) is 33.3 Å². The molecule has 0 radical (unpaired) electrons. The van der Waals surface area contributed by atoms with Gasteiger partial charge in [0.05, 0.1) is 34.4 Å². The minimum Gasteiger partial charge on any atom is -0.477 e. The molecule has 0 aliphatic rings. The lowest BCUT2D eigenvalue weighted by Crippen LogP contribution is -2.40. The molecule has 0 fully saturated rings. The summed E-state index contributed by atoms with van der Waals surface area (Å²) in [6.45, 7) is 4.57. The summed E-state index contributed by atoms with van der Waals surface area (Å²) >= 11 is 0.